The molecule has 2 aromatic rings. The van der Waals surface area contributed by atoms with Gasteiger partial charge in [-0.15, -0.1) is 0 Å². The van der Waals surface area contributed by atoms with Crippen molar-refractivity contribution >= 4 is 5.91 Å². The quantitative estimate of drug-likeness (QED) is 0.887. The average molecular weight is 289 g/mol. The van der Waals surface area contributed by atoms with Crippen molar-refractivity contribution in [3.8, 4) is 11.5 Å². The van der Waals surface area contributed by atoms with Crippen LogP contribution in [0.25, 0.3) is 0 Å². The van der Waals surface area contributed by atoms with Gasteiger partial charge in [0, 0.05) is 5.56 Å². The molecule has 0 unspecified atom stereocenters. The summed E-state index contributed by atoms with van der Waals surface area (Å²) < 4.78 is 15.8. The van der Waals surface area contributed by atoms with E-state index in [0.29, 0.717) is 12.3 Å². The molecule has 0 radical (unpaired) electrons. The molecule has 112 valence electrons. The summed E-state index contributed by atoms with van der Waals surface area (Å²) >= 11 is 0. The van der Waals surface area contributed by atoms with E-state index in [9.17, 15) is 4.79 Å². The number of carbonyl (C=O) groups is 1. The van der Waals surface area contributed by atoms with Crippen LogP contribution in [0.4, 0.5) is 0 Å². The van der Waals surface area contributed by atoms with Gasteiger partial charge < -0.3 is 19.2 Å². The first kappa shape index (κ1) is 15.0. The van der Waals surface area contributed by atoms with Crippen molar-refractivity contribution in [3.05, 3.63) is 47.4 Å². The highest BCUT2D eigenvalue weighted by atomic mass is 16.5. The largest absolute Gasteiger partial charge is 0.496 e. The van der Waals surface area contributed by atoms with Crippen LogP contribution >= 0.6 is 0 Å². The van der Waals surface area contributed by atoms with Gasteiger partial charge >= 0.3 is 0 Å². The first-order chi connectivity index (χ1) is 10.1. The number of benzene rings is 1. The highest BCUT2D eigenvalue weighted by Crippen LogP contribution is 2.28. The monoisotopic (exact) mass is 289 g/mol. The topological polar surface area (TPSA) is 60.7 Å². The molecule has 1 amide bonds. The van der Waals surface area contributed by atoms with Gasteiger partial charge in [0.1, 0.15) is 17.3 Å². The van der Waals surface area contributed by atoms with Gasteiger partial charge in [-0.3, -0.25) is 4.79 Å². The van der Waals surface area contributed by atoms with Gasteiger partial charge in [-0.05, 0) is 36.8 Å². The third-order valence-electron chi connectivity index (χ3n) is 3.19. The van der Waals surface area contributed by atoms with Gasteiger partial charge in [-0.2, -0.15) is 0 Å². The van der Waals surface area contributed by atoms with Gasteiger partial charge in [-0.25, -0.2) is 0 Å². The minimum atomic E-state index is -0.101. The second-order valence-electron chi connectivity index (χ2n) is 4.67. The van der Waals surface area contributed by atoms with Gasteiger partial charge in [0.15, 0.2) is 0 Å². The highest BCUT2D eigenvalue weighted by molar-refractivity contribution is 5.79. The zero-order chi connectivity index (χ0) is 15.2. The van der Waals surface area contributed by atoms with E-state index in [1.165, 1.54) is 0 Å². The maximum Gasteiger partial charge on any atom is 0.224 e. The average Bonchev–Trinajstić information content (AvgIpc) is 2.99. The molecule has 0 aliphatic carbocycles. The van der Waals surface area contributed by atoms with Crippen LogP contribution in [0.3, 0.4) is 0 Å². The predicted octanol–water partition coefficient (Wildman–Crippen LogP) is 2.46. The Morgan fingerprint density at radius 3 is 2.62 bits per heavy atom. The molecule has 1 heterocycles. The van der Waals surface area contributed by atoms with Crippen LogP contribution in [0.15, 0.2) is 34.9 Å². The summed E-state index contributed by atoms with van der Waals surface area (Å²) in [6, 6.07) is 7.31. The molecule has 2 rings (SSSR count). The molecule has 1 aromatic heterocycles. The lowest BCUT2D eigenvalue weighted by atomic mass is 10.1. The van der Waals surface area contributed by atoms with Crippen molar-refractivity contribution in [3.63, 3.8) is 0 Å². The Kier molecular flexibility index (Phi) is 4.87. The number of rotatable bonds is 6. The van der Waals surface area contributed by atoms with Crippen molar-refractivity contribution in [2.45, 2.75) is 19.9 Å². The molecule has 5 nitrogen and oxygen atoms in total. The lowest BCUT2D eigenvalue weighted by molar-refractivity contribution is -0.120. The van der Waals surface area contributed by atoms with E-state index in [4.69, 9.17) is 13.9 Å². The molecule has 0 spiro atoms. The molecule has 5 heteroatoms. The second kappa shape index (κ2) is 6.83. The fourth-order valence-corrected chi connectivity index (χ4v) is 2.09. The number of aryl methyl sites for hydroxylation is 1. The number of hydrogen-bond donors (Lipinski definition) is 1. The molecule has 0 saturated carbocycles. The van der Waals surface area contributed by atoms with Crippen molar-refractivity contribution in [2.75, 3.05) is 14.2 Å². The lowest BCUT2D eigenvalue weighted by Gasteiger charge is -2.13. The van der Waals surface area contributed by atoms with Crippen LogP contribution in [-0.4, -0.2) is 20.1 Å². The van der Waals surface area contributed by atoms with E-state index < -0.39 is 0 Å². The molecule has 0 aliphatic rings. The number of furan rings is 1. The predicted molar refractivity (Wildman–Crippen MR) is 78.5 cm³/mol. The molecule has 0 bridgehead atoms. The molecule has 21 heavy (non-hydrogen) atoms. The standard InChI is InChI=1S/C16H19NO4/c1-11-7-15(20-3)12(8-14(11)19-2)9-16(18)17-10-13-5-4-6-21-13/h4-8H,9-10H2,1-3H3,(H,17,18). The van der Waals surface area contributed by atoms with Crippen LogP contribution < -0.4 is 14.8 Å². The Bertz CT molecular complexity index is 605. The maximum absolute atomic E-state index is 12.0. The fraction of sp³-hybridized carbons (Fsp3) is 0.312. The van der Waals surface area contributed by atoms with E-state index in [2.05, 4.69) is 5.32 Å². The van der Waals surface area contributed by atoms with E-state index in [1.54, 1.807) is 26.5 Å². The number of methoxy groups -OCH3 is 2. The minimum absolute atomic E-state index is 0.101. The van der Waals surface area contributed by atoms with E-state index in [1.807, 2.05) is 25.1 Å². The summed E-state index contributed by atoms with van der Waals surface area (Å²) in [5.74, 6) is 2.04. The zero-order valence-corrected chi connectivity index (χ0v) is 12.4. The summed E-state index contributed by atoms with van der Waals surface area (Å²) in [5, 5.41) is 2.81. The molecule has 0 fully saturated rings. The molecule has 0 aliphatic heterocycles. The lowest BCUT2D eigenvalue weighted by Crippen LogP contribution is -2.24. The summed E-state index contributed by atoms with van der Waals surface area (Å²) in [6.45, 7) is 2.30. The molecule has 1 aromatic carbocycles. The number of amides is 1. The van der Waals surface area contributed by atoms with Crippen LogP contribution in [0.2, 0.25) is 0 Å². The van der Waals surface area contributed by atoms with Crippen molar-refractivity contribution in [1.29, 1.82) is 0 Å². The fourth-order valence-electron chi connectivity index (χ4n) is 2.09. The third kappa shape index (κ3) is 3.78. The number of carbonyl (C=O) groups excluding carboxylic acids is 1. The van der Waals surface area contributed by atoms with E-state index >= 15 is 0 Å². The van der Waals surface area contributed by atoms with Crippen molar-refractivity contribution in [2.24, 2.45) is 0 Å². The molecule has 1 N–H and O–H groups in total. The number of nitrogens with one attached hydrogen (secondary N) is 1. The highest BCUT2D eigenvalue weighted by Gasteiger charge is 2.12. The molecular formula is C16H19NO4. The van der Waals surface area contributed by atoms with Crippen molar-refractivity contribution < 1.29 is 18.7 Å². The van der Waals surface area contributed by atoms with Crippen LogP contribution in [0, 0.1) is 6.92 Å². The van der Waals surface area contributed by atoms with Crippen LogP contribution in [0.5, 0.6) is 11.5 Å². The third-order valence-corrected chi connectivity index (χ3v) is 3.19. The van der Waals surface area contributed by atoms with E-state index in [-0.39, 0.29) is 12.3 Å². The smallest absolute Gasteiger partial charge is 0.224 e. The maximum atomic E-state index is 12.0. The van der Waals surface area contributed by atoms with Gasteiger partial charge in [0.25, 0.3) is 0 Å². The number of hydrogen-bond acceptors (Lipinski definition) is 4. The zero-order valence-electron chi connectivity index (χ0n) is 12.4. The molecular weight excluding hydrogens is 270 g/mol. The Hall–Kier alpha value is -2.43. The first-order valence-corrected chi connectivity index (χ1v) is 6.64. The van der Waals surface area contributed by atoms with E-state index in [0.717, 1.165) is 22.6 Å². The molecule has 0 atom stereocenters. The minimum Gasteiger partial charge on any atom is -0.496 e. The Morgan fingerprint density at radius 1 is 1.24 bits per heavy atom. The summed E-state index contributed by atoms with van der Waals surface area (Å²) in [6.07, 6.45) is 1.80. The second-order valence-corrected chi connectivity index (χ2v) is 4.67. The van der Waals surface area contributed by atoms with Crippen LogP contribution in [-0.2, 0) is 17.8 Å². The van der Waals surface area contributed by atoms with Gasteiger partial charge in [0.2, 0.25) is 5.91 Å². The number of ether oxygens (including phenoxy) is 2. The summed E-state index contributed by atoms with van der Waals surface area (Å²) in [5.41, 5.74) is 1.76. The van der Waals surface area contributed by atoms with Crippen LogP contribution in [0.1, 0.15) is 16.9 Å². The Labute approximate surface area is 123 Å². The Morgan fingerprint density at radius 2 is 2.00 bits per heavy atom. The van der Waals surface area contributed by atoms with Crippen molar-refractivity contribution in [1.82, 2.24) is 5.32 Å². The first-order valence-electron chi connectivity index (χ1n) is 6.64. The SMILES string of the molecule is COc1cc(CC(=O)NCc2ccco2)c(OC)cc1C. The molecule has 0 saturated heterocycles. The Balaban J connectivity index is 2.05. The normalized spacial score (nSPS) is 10.2. The van der Waals surface area contributed by atoms with Gasteiger partial charge in [0.05, 0.1) is 33.4 Å². The summed E-state index contributed by atoms with van der Waals surface area (Å²) in [7, 11) is 3.20. The summed E-state index contributed by atoms with van der Waals surface area (Å²) in [4.78, 5) is 12.0. The van der Waals surface area contributed by atoms with Gasteiger partial charge in [-0.1, -0.05) is 0 Å².